The first kappa shape index (κ1) is 21.3. The molecule has 1 atom stereocenters. The smallest absolute Gasteiger partial charge is 0.257 e. The lowest BCUT2D eigenvalue weighted by molar-refractivity contribution is 0.102. The Bertz CT molecular complexity index is 1490. The predicted octanol–water partition coefficient (Wildman–Crippen LogP) is 4.28. The van der Waals surface area contributed by atoms with Crippen LogP contribution in [0.15, 0.2) is 73.6 Å². The van der Waals surface area contributed by atoms with Crippen molar-refractivity contribution in [3.8, 4) is 5.69 Å². The van der Waals surface area contributed by atoms with Gasteiger partial charge < -0.3 is 10.6 Å². The average Bonchev–Trinajstić information content (AvgIpc) is 3.44. The molecule has 0 spiro atoms. The first-order chi connectivity index (χ1) is 16.5. The Hall–Kier alpha value is -4.53. The van der Waals surface area contributed by atoms with E-state index in [2.05, 4.69) is 25.7 Å². The Balaban J connectivity index is 1.34. The van der Waals surface area contributed by atoms with E-state index in [1.54, 1.807) is 29.5 Å². The van der Waals surface area contributed by atoms with Crippen LogP contribution >= 0.6 is 0 Å². The van der Waals surface area contributed by atoms with Crippen LogP contribution in [0.1, 0.15) is 34.5 Å². The normalized spacial score (nSPS) is 12.0. The van der Waals surface area contributed by atoms with Gasteiger partial charge in [-0.05, 0) is 49.2 Å². The number of carbonyl (C=O) groups is 1. The molecule has 0 aliphatic carbocycles. The lowest BCUT2D eigenvalue weighted by Gasteiger charge is -2.16. The van der Waals surface area contributed by atoms with Crippen molar-refractivity contribution in [2.75, 3.05) is 10.6 Å². The Morgan fingerprint density at radius 3 is 2.76 bits per heavy atom. The number of fused-ring (bicyclic) bond motifs is 1. The van der Waals surface area contributed by atoms with Gasteiger partial charge in [-0.15, -0.1) is 0 Å². The van der Waals surface area contributed by atoms with Crippen LogP contribution in [0.3, 0.4) is 0 Å². The fourth-order valence-electron chi connectivity index (χ4n) is 3.78. The molecule has 0 aliphatic rings. The quantitative estimate of drug-likeness (QED) is 0.399. The van der Waals surface area contributed by atoms with E-state index in [0.717, 1.165) is 28.0 Å². The summed E-state index contributed by atoms with van der Waals surface area (Å²) in [4.78, 5) is 26.0. The van der Waals surface area contributed by atoms with Crippen LogP contribution in [0.25, 0.3) is 16.9 Å². The molecule has 5 rings (SSSR count). The molecule has 2 N–H and O–H groups in total. The molecule has 4 aromatic heterocycles. The second-order valence-electron chi connectivity index (χ2n) is 8.22. The summed E-state index contributed by atoms with van der Waals surface area (Å²) in [7, 11) is 1.88. The highest BCUT2D eigenvalue weighted by atomic mass is 16.1. The third-order valence-corrected chi connectivity index (χ3v) is 5.51. The molecule has 4 heterocycles. The number of rotatable bonds is 6. The molecule has 34 heavy (non-hydrogen) atoms. The topological polar surface area (TPSA) is 103 Å². The molecule has 1 aromatic carbocycles. The highest BCUT2D eigenvalue weighted by Crippen LogP contribution is 2.23. The van der Waals surface area contributed by atoms with E-state index in [9.17, 15) is 4.79 Å². The van der Waals surface area contributed by atoms with Crippen molar-refractivity contribution in [1.29, 1.82) is 0 Å². The van der Waals surface area contributed by atoms with E-state index < -0.39 is 0 Å². The summed E-state index contributed by atoms with van der Waals surface area (Å²) in [6.07, 6.45) is 10.7. The number of anilines is 2. The van der Waals surface area contributed by atoms with Crippen molar-refractivity contribution in [3.63, 3.8) is 0 Å². The molecule has 0 fully saturated rings. The summed E-state index contributed by atoms with van der Waals surface area (Å²) >= 11 is 0. The maximum Gasteiger partial charge on any atom is 0.257 e. The number of aryl methyl sites for hydroxylation is 2. The maximum atomic E-state index is 12.6. The minimum atomic E-state index is -0.193. The number of nitrogens with one attached hydrogen (secondary N) is 2. The molecule has 170 valence electrons. The van der Waals surface area contributed by atoms with Crippen LogP contribution in [0.5, 0.6) is 0 Å². The molecule has 0 radical (unpaired) electrons. The van der Waals surface area contributed by atoms with Gasteiger partial charge >= 0.3 is 0 Å². The number of benzene rings is 1. The first-order valence-electron chi connectivity index (χ1n) is 10.9. The minimum absolute atomic E-state index is 0.0638. The van der Waals surface area contributed by atoms with E-state index in [0.29, 0.717) is 17.1 Å². The van der Waals surface area contributed by atoms with Gasteiger partial charge in [0, 0.05) is 37.5 Å². The van der Waals surface area contributed by atoms with Crippen LogP contribution in [-0.4, -0.2) is 35.2 Å². The Morgan fingerprint density at radius 2 is 1.97 bits per heavy atom. The van der Waals surface area contributed by atoms with Crippen molar-refractivity contribution in [2.24, 2.45) is 7.05 Å². The second-order valence-corrected chi connectivity index (χ2v) is 8.22. The van der Waals surface area contributed by atoms with Gasteiger partial charge in [0.05, 0.1) is 29.7 Å². The van der Waals surface area contributed by atoms with Crippen LogP contribution in [-0.2, 0) is 7.05 Å². The number of nitrogens with zero attached hydrogens (tertiary/aromatic N) is 6. The zero-order chi connectivity index (χ0) is 23.7. The molecule has 9 heteroatoms. The second kappa shape index (κ2) is 8.78. The lowest BCUT2D eigenvalue weighted by Crippen LogP contribution is -2.13. The maximum absolute atomic E-state index is 12.6. The van der Waals surface area contributed by atoms with E-state index >= 15 is 0 Å². The van der Waals surface area contributed by atoms with Gasteiger partial charge in [-0.3, -0.25) is 19.0 Å². The molecule has 0 unspecified atom stereocenters. The number of amides is 1. The summed E-state index contributed by atoms with van der Waals surface area (Å²) in [5, 5.41) is 10.6. The number of carbonyl (C=O) groups excluding carboxylic acids is 1. The van der Waals surface area contributed by atoms with Gasteiger partial charge in [-0.2, -0.15) is 5.10 Å². The lowest BCUT2D eigenvalue weighted by atomic mass is 10.1. The van der Waals surface area contributed by atoms with Crippen LogP contribution in [0.4, 0.5) is 11.5 Å². The summed E-state index contributed by atoms with van der Waals surface area (Å²) in [5.74, 6) is 0.463. The predicted molar refractivity (Wildman–Crippen MR) is 131 cm³/mol. The highest BCUT2D eigenvalue weighted by Gasteiger charge is 2.13. The van der Waals surface area contributed by atoms with Gasteiger partial charge in [0.2, 0.25) is 0 Å². The van der Waals surface area contributed by atoms with Gasteiger partial charge in [-0.1, -0.05) is 12.1 Å². The van der Waals surface area contributed by atoms with Crippen molar-refractivity contribution in [3.05, 3.63) is 90.3 Å². The Kier molecular flexibility index (Phi) is 5.51. The molecule has 0 bridgehead atoms. The van der Waals surface area contributed by atoms with Crippen LogP contribution in [0, 0.1) is 6.92 Å². The SMILES string of the molecule is Cc1cncc(C(=O)Nc2cccc([C@H](C)Nc3cnc4ccn(-c5cnn(C)c5)c4n3)c2)c1. The Labute approximate surface area is 196 Å². The van der Waals surface area contributed by atoms with Gasteiger partial charge in [0.1, 0.15) is 11.3 Å². The molecular weight excluding hydrogens is 428 g/mol. The molecule has 0 aliphatic heterocycles. The largest absolute Gasteiger partial charge is 0.362 e. The number of pyridine rings is 1. The van der Waals surface area contributed by atoms with E-state index in [1.165, 1.54) is 0 Å². The number of hydrogen-bond acceptors (Lipinski definition) is 6. The van der Waals surface area contributed by atoms with Crippen LogP contribution < -0.4 is 10.6 Å². The summed E-state index contributed by atoms with van der Waals surface area (Å²) in [6, 6.07) is 11.4. The third-order valence-electron chi connectivity index (χ3n) is 5.51. The number of aromatic nitrogens is 6. The molecular formula is C25H24N8O. The van der Waals surface area contributed by atoms with Crippen molar-refractivity contribution < 1.29 is 4.79 Å². The van der Waals surface area contributed by atoms with Crippen LogP contribution in [0.2, 0.25) is 0 Å². The fourth-order valence-corrected chi connectivity index (χ4v) is 3.78. The summed E-state index contributed by atoms with van der Waals surface area (Å²) < 4.78 is 3.71. The zero-order valence-electron chi connectivity index (χ0n) is 19.1. The first-order valence-corrected chi connectivity index (χ1v) is 10.9. The van der Waals surface area contributed by atoms with E-state index in [-0.39, 0.29) is 11.9 Å². The summed E-state index contributed by atoms with van der Waals surface area (Å²) in [6.45, 7) is 3.95. The molecule has 1 amide bonds. The fraction of sp³-hybridized carbons (Fsp3) is 0.160. The number of hydrogen-bond donors (Lipinski definition) is 2. The van der Waals surface area contributed by atoms with Crippen molar-refractivity contribution in [2.45, 2.75) is 19.9 Å². The van der Waals surface area contributed by atoms with E-state index in [4.69, 9.17) is 4.98 Å². The Morgan fingerprint density at radius 1 is 1.09 bits per heavy atom. The van der Waals surface area contributed by atoms with Gasteiger partial charge in [0.15, 0.2) is 5.65 Å². The van der Waals surface area contributed by atoms with E-state index in [1.807, 2.05) is 74.3 Å². The van der Waals surface area contributed by atoms with Gasteiger partial charge in [0.25, 0.3) is 5.91 Å². The molecule has 9 nitrogen and oxygen atoms in total. The zero-order valence-corrected chi connectivity index (χ0v) is 19.1. The molecule has 5 aromatic rings. The van der Waals surface area contributed by atoms with Gasteiger partial charge in [-0.25, -0.2) is 9.97 Å². The average molecular weight is 453 g/mol. The highest BCUT2D eigenvalue weighted by molar-refractivity contribution is 6.04. The standard InChI is InChI=1S/C25H24N8O/c1-16-9-19(12-26-11-16)25(34)30-20-6-4-5-18(10-20)17(2)29-23-14-27-22-7-8-33(24(22)31-23)21-13-28-32(3)15-21/h4-15,17H,1-3H3,(H,29,31)(H,30,34)/t17-/m0/s1. The minimum Gasteiger partial charge on any atom is -0.362 e. The monoisotopic (exact) mass is 452 g/mol. The third kappa shape index (κ3) is 4.36. The van der Waals surface area contributed by atoms with Crippen molar-refractivity contribution >= 4 is 28.6 Å². The summed E-state index contributed by atoms with van der Waals surface area (Å²) in [5.41, 5.74) is 5.65. The molecule has 0 saturated carbocycles. The van der Waals surface area contributed by atoms with Crippen molar-refractivity contribution in [1.82, 2.24) is 29.3 Å². The molecule has 0 saturated heterocycles.